The van der Waals surface area contributed by atoms with Crippen molar-refractivity contribution in [3.05, 3.63) is 83.4 Å². The molecule has 0 spiro atoms. The lowest BCUT2D eigenvalue weighted by Gasteiger charge is -2.11. The van der Waals surface area contributed by atoms with E-state index in [0.29, 0.717) is 29.7 Å². The van der Waals surface area contributed by atoms with Gasteiger partial charge in [0.2, 0.25) is 5.91 Å². The predicted molar refractivity (Wildman–Crippen MR) is 117 cm³/mol. The number of halogens is 1. The van der Waals surface area contributed by atoms with E-state index in [-0.39, 0.29) is 12.5 Å². The van der Waals surface area contributed by atoms with E-state index < -0.39 is 0 Å². The zero-order chi connectivity index (χ0) is 20.5. The van der Waals surface area contributed by atoms with Crippen LogP contribution in [0.3, 0.4) is 0 Å². The Bertz CT molecular complexity index is 948. The number of hydrogen-bond donors (Lipinski definition) is 2. The highest BCUT2D eigenvalue weighted by atomic mass is 35.5. The summed E-state index contributed by atoms with van der Waals surface area (Å²) >= 11 is 6.08. The van der Waals surface area contributed by atoms with Crippen molar-refractivity contribution in [3.63, 3.8) is 0 Å². The molecule has 0 aliphatic rings. The number of carbonyl (C=O) groups excluding carboxylic acids is 1. The van der Waals surface area contributed by atoms with E-state index in [4.69, 9.17) is 21.1 Å². The summed E-state index contributed by atoms with van der Waals surface area (Å²) in [6.07, 6.45) is 0. The van der Waals surface area contributed by atoms with Crippen LogP contribution in [0.15, 0.2) is 72.8 Å². The molecule has 0 saturated heterocycles. The third-order valence-corrected chi connectivity index (χ3v) is 4.51. The molecule has 0 radical (unpaired) electrons. The number of carbonyl (C=O) groups is 1. The van der Waals surface area contributed by atoms with Crippen LogP contribution in [-0.4, -0.2) is 25.7 Å². The lowest BCUT2D eigenvalue weighted by molar-refractivity contribution is -0.114. The molecule has 6 heteroatoms. The van der Waals surface area contributed by atoms with Crippen LogP contribution >= 0.6 is 11.6 Å². The number of ether oxygens (including phenoxy) is 2. The van der Waals surface area contributed by atoms with Crippen molar-refractivity contribution < 1.29 is 14.3 Å². The summed E-state index contributed by atoms with van der Waals surface area (Å²) in [6.45, 7) is 2.92. The van der Waals surface area contributed by atoms with Crippen LogP contribution in [0, 0.1) is 6.92 Å². The third-order valence-electron chi connectivity index (χ3n) is 4.11. The maximum atomic E-state index is 12.1. The van der Waals surface area contributed by atoms with Crippen molar-refractivity contribution >= 4 is 28.9 Å². The Labute approximate surface area is 175 Å². The smallest absolute Gasteiger partial charge is 0.243 e. The minimum absolute atomic E-state index is 0.131. The van der Waals surface area contributed by atoms with Gasteiger partial charge in [-0.25, -0.2) is 0 Å². The zero-order valence-corrected chi connectivity index (χ0v) is 16.9. The quantitative estimate of drug-likeness (QED) is 0.478. The van der Waals surface area contributed by atoms with Crippen molar-refractivity contribution in [1.82, 2.24) is 0 Å². The predicted octanol–water partition coefficient (Wildman–Crippen LogP) is 5.16. The largest absolute Gasteiger partial charge is 0.490 e. The standard InChI is InChI=1S/C23H23ClN2O3/c1-17-10-11-19(15-22(17)24)26-23(27)16-25-18-6-5-9-21(14-18)29-13-12-28-20-7-3-2-4-8-20/h2-11,14-15,25H,12-13,16H2,1H3,(H,26,27). The van der Waals surface area contributed by atoms with Gasteiger partial charge in [-0.3, -0.25) is 4.79 Å². The molecule has 3 aromatic carbocycles. The van der Waals surface area contributed by atoms with Crippen molar-refractivity contribution in [1.29, 1.82) is 0 Å². The van der Waals surface area contributed by atoms with E-state index in [1.54, 1.807) is 6.07 Å². The van der Waals surface area contributed by atoms with Gasteiger partial charge in [0.25, 0.3) is 0 Å². The number of para-hydroxylation sites is 1. The average Bonchev–Trinajstić information content (AvgIpc) is 2.73. The average molecular weight is 411 g/mol. The fourth-order valence-electron chi connectivity index (χ4n) is 2.59. The summed E-state index contributed by atoms with van der Waals surface area (Å²) in [6, 6.07) is 22.5. The second-order valence-corrected chi connectivity index (χ2v) is 6.81. The molecule has 0 aliphatic carbocycles. The molecule has 0 bridgehead atoms. The number of anilines is 2. The highest BCUT2D eigenvalue weighted by Gasteiger charge is 2.05. The van der Waals surface area contributed by atoms with Crippen LogP contribution in [0.2, 0.25) is 5.02 Å². The lowest BCUT2D eigenvalue weighted by atomic mass is 10.2. The number of hydrogen-bond acceptors (Lipinski definition) is 4. The first-order valence-corrected chi connectivity index (χ1v) is 9.68. The fourth-order valence-corrected chi connectivity index (χ4v) is 2.77. The molecule has 0 heterocycles. The van der Waals surface area contributed by atoms with Crippen molar-refractivity contribution in [2.75, 3.05) is 30.4 Å². The Morgan fingerprint density at radius 3 is 2.34 bits per heavy atom. The normalized spacial score (nSPS) is 10.3. The molecule has 0 aliphatic heterocycles. The molecule has 0 aromatic heterocycles. The second-order valence-electron chi connectivity index (χ2n) is 6.40. The maximum Gasteiger partial charge on any atom is 0.243 e. The zero-order valence-electron chi connectivity index (χ0n) is 16.2. The molecule has 0 saturated carbocycles. The van der Waals surface area contributed by atoms with Crippen molar-refractivity contribution in [3.8, 4) is 11.5 Å². The first kappa shape index (κ1) is 20.6. The lowest BCUT2D eigenvalue weighted by Crippen LogP contribution is -2.21. The molecule has 5 nitrogen and oxygen atoms in total. The Kier molecular flexibility index (Phi) is 7.36. The Hall–Kier alpha value is -3.18. The van der Waals surface area contributed by atoms with Crippen LogP contribution in [-0.2, 0) is 4.79 Å². The Morgan fingerprint density at radius 1 is 0.862 bits per heavy atom. The fraction of sp³-hybridized carbons (Fsp3) is 0.174. The molecule has 150 valence electrons. The monoisotopic (exact) mass is 410 g/mol. The number of aryl methyl sites for hydroxylation is 1. The van der Waals surface area contributed by atoms with E-state index in [1.807, 2.05) is 73.7 Å². The molecule has 2 N–H and O–H groups in total. The Balaban J connectivity index is 1.43. The number of rotatable bonds is 9. The van der Waals surface area contributed by atoms with Crippen LogP contribution in [0.25, 0.3) is 0 Å². The highest BCUT2D eigenvalue weighted by Crippen LogP contribution is 2.20. The summed E-state index contributed by atoms with van der Waals surface area (Å²) in [5, 5.41) is 6.53. The molecular weight excluding hydrogens is 388 g/mol. The summed E-state index contributed by atoms with van der Waals surface area (Å²) in [7, 11) is 0. The van der Waals surface area contributed by atoms with E-state index in [1.165, 1.54) is 0 Å². The van der Waals surface area contributed by atoms with Gasteiger partial charge in [-0.05, 0) is 48.9 Å². The number of nitrogens with one attached hydrogen (secondary N) is 2. The van der Waals surface area contributed by atoms with Gasteiger partial charge in [0.15, 0.2) is 0 Å². The van der Waals surface area contributed by atoms with Crippen molar-refractivity contribution in [2.45, 2.75) is 6.92 Å². The molecule has 1 amide bonds. The van der Waals surface area contributed by atoms with Gasteiger partial charge < -0.3 is 20.1 Å². The van der Waals surface area contributed by atoms with E-state index >= 15 is 0 Å². The maximum absolute atomic E-state index is 12.1. The molecule has 3 rings (SSSR count). The molecular formula is C23H23ClN2O3. The Morgan fingerprint density at radius 2 is 1.59 bits per heavy atom. The third kappa shape index (κ3) is 6.73. The van der Waals surface area contributed by atoms with Gasteiger partial charge in [-0.15, -0.1) is 0 Å². The topological polar surface area (TPSA) is 59.6 Å². The number of amides is 1. The van der Waals surface area contributed by atoms with Crippen LogP contribution < -0.4 is 20.1 Å². The molecule has 0 unspecified atom stereocenters. The molecule has 3 aromatic rings. The second kappa shape index (κ2) is 10.4. The highest BCUT2D eigenvalue weighted by molar-refractivity contribution is 6.31. The molecule has 0 fully saturated rings. The van der Waals surface area contributed by atoms with Crippen LogP contribution in [0.5, 0.6) is 11.5 Å². The summed E-state index contributed by atoms with van der Waals surface area (Å²) in [5.41, 5.74) is 2.43. The van der Waals surface area contributed by atoms with E-state index in [9.17, 15) is 4.79 Å². The van der Waals surface area contributed by atoms with Gasteiger partial charge in [0.05, 0.1) is 6.54 Å². The summed E-state index contributed by atoms with van der Waals surface area (Å²) in [4.78, 5) is 12.1. The summed E-state index contributed by atoms with van der Waals surface area (Å²) < 4.78 is 11.3. The van der Waals surface area contributed by atoms with E-state index in [2.05, 4.69) is 10.6 Å². The summed E-state index contributed by atoms with van der Waals surface area (Å²) in [5.74, 6) is 1.36. The van der Waals surface area contributed by atoms with Gasteiger partial charge in [0, 0.05) is 22.5 Å². The van der Waals surface area contributed by atoms with Crippen LogP contribution in [0.4, 0.5) is 11.4 Å². The van der Waals surface area contributed by atoms with Gasteiger partial charge in [-0.2, -0.15) is 0 Å². The van der Waals surface area contributed by atoms with E-state index in [0.717, 1.165) is 17.0 Å². The molecule has 0 atom stereocenters. The first-order chi connectivity index (χ1) is 14.1. The SMILES string of the molecule is Cc1ccc(NC(=O)CNc2cccc(OCCOc3ccccc3)c2)cc1Cl. The minimum Gasteiger partial charge on any atom is -0.490 e. The minimum atomic E-state index is -0.160. The van der Waals surface area contributed by atoms with Crippen molar-refractivity contribution in [2.24, 2.45) is 0 Å². The molecule has 29 heavy (non-hydrogen) atoms. The number of benzene rings is 3. The first-order valence-electron chi connectivity index (χ1n) is 9.31. The van der Waals surface area contributed by atoms with Crippen LogP contribution in [0.1, 0.15) is 5.56 Å². The van der Waals surface area contributed by atoms with Gasteiger partial charge in [-0.1, -0.05) is 41.9 Å². The van der Waals surface area contributed by atoms with Gasteiger partial charge in [0.1, 0.15) is 24.7 Å². The van der Waals surface area contributed by atoms with Gasteiger partial charge >= 0.3 is 0 Å².